The Morgan fingerprint density at radius 2 is 1.24 bits per heavy atom. The summed E-state index contributed by atoms with van der Waals surface area (Å²) in [6.45, 7) is 24.5. The average molecular weight is 614 g/mol. The van der Waals surface area contributed by atoms with Gasteiger partial charge in [-0.1, -0.05) is 159 Å². The molecule has 42 heavy (non-hydrogen) atoms. The molecule has 3 atom stereocenters. The molecule has 5 rings (SSSR count). The van der Waals surface area contributed by atoms with Gasteiger partial charge >= 0.3 is 17.1 Å². The topological polar surface area (TPSA) is 17.3 Å². The van der Waals surface area contributed by atoms with Crippen LogP contribution in [0.15, 0.2) is 78.9 Å². The Morgan fingerprint density at radius 1 is 0.738 bits per heavy atom. The first-order valence-corrected chi connectivity index (χ1v) is 16.0. The molecule has 3 heteroatoms. The van der Waals surface area contributed by atoms with Crippen LogP contribution in [0.25, 0.3) is 5.32 Å². The summed E-state index contributed by atoms with van der Waals surface area (Å²) in [6, 6.07) is 26.9. The minimum atomic E-state index is 0. The molecule has 1 heterocycles. The maximum atomic E-state index is 4.44. The molecule has 0 amide bonds. The van der Waals surface area contributed by atoms with Gasteiger partial charge in [0.2, 0.25) is 0 Å². The van der Waals surface area contributed by atoms with Crippen LogP contribution in [0.4, 0.5) is 17.1 Å². The van der Waals surface area contributed by atoms with E-state index in [9.17, 15) is 0 Å². The van der Waals surface area contributed by atoms with E-state index in [0.29, 0.717) is 17.3 Å². The summed E-state index contributed by atoms with van der Waals surface area (Å²) in [5.41, 5.74) is 7.04. The predicted molar refractivity (Wildman–Crippen MR) is 179 cm³/mol. The van der Waals surface area contributed by atoms with E-state index in [1.54, 1.807) is 0 Å². The van der Waals surface area contributed by atoms with Crippen molar-refractivity contribution in [2.24, 2.45) is 23.2 Å². The molecular formula is C39H54CuN2. The second-order valence-electron chi connectivity index (χ2n) is 14.3. The average Bonchev–Trinajstić information content (AvgIpc) is 3.18. The van der Waals surface area contributed by atoms with Crippen LogP contribution in [-0.2, 0) is 17.1 Å². The van der Waals surface area contributed by atoms with E-state index in [0.717, 1.165) is 29.1 Å². The second-order valence-corrected chi connectivity index (χ2v) is 14.3. The number of benzene rings is 3. The van der Waals surface area contributed by atoms with E-state index < -0.39 is 0 Å². The van der Waals surface area contributed by atoms with Crippen LogP contribution in [-0.4, -0.2) is 5.54 Å². The first kappa shape index (κ1) is 34.3. The van der Waals surface area contributed by atoms with Gasteiger partial charge in [-0.25, -0.2) is 6.54 Å². The van der Waals surface area contributed by atoms with Crippen LogP contribution in [0.3, 0.4) is 0 Å². The molecule has 0 unspecified atom stereocenters. The van der Waals surface area contributed by atoms with Crippen LogP contribution < -0.4 is 4.90 Å². The molecule has 1 saturated heterocycles. The molecule has 0 bridgehead atoms. The number of nitrogens with zero attached hydrogens (tertiary/aromatic N) is 2. The number of hydrogen-bond acceptors (Lipinski definition) is 1. The molecule has 231 valence electrons. The summed E-state index contributed by atoms with van der Waals surface area (Å²) in [5, 5.41) is 4.44. The van der Waals surface area contributed by atoms with Gasteiger partial charge in [-0.3, -0.25) is 0 Å². The Morgan fingerprint density at radius 3 is 1.69 bits per heavy atom. The van der Waals surface area contributed by atoms with Gasteiger partial charge in [0.05, 0.1) is 0 Å². The van der Waals surface area contributed by atoms with Crippen molar-refractivity contribution in [3.63, 3.8) is 0 Å². The van der Waals surface area contributed by atoms with Gasteiger partial charge in [0.25, 0.3) is 0 Å². The maximum absolute atomic E-state index is 4.44. The molecule has 2 aliphatic rings. The van der Waals surface area contributed by atoms with Gasteiger partial charge in [0.1, 0.15) is 0 Å². The molecule has 2 nitrogen and oxygen atoms in total. The second kappa shape index (κ2) is 14.5. The third kappa shape index (κ3) is 7.83. The van der Waals surface area contributed by atoms with Gasteiger partial charge in [-0.05, 0) is 48.6 Å². The van der Waals surface area contributed by atoms with Crippen LogP contribution in [0.2, 0.25) is 0 Å². The first-order valence-electron chi connectivity index (χ1n) is 16.0. The summed E-state index contributed by atoms with van der Waals surface area (Å²) < 4.78 is 0. The van der Waals surface area contributed by atoms with Crippen molar-refractivity contribution in [1.82, 2.24) is 0 Å². The molecule has 1 spiro atoms. The summed E-state index contributed by atoms with van der Waals surface area (Å²) in [5.74, 6) is 3.49. The van der Waals surface area contributed by atoms with E-state index in [2.05, 4.69) is 97.3 Å². The van der Waals surface area contributed by atoms with E-state index >= 15 is 0 Å². The van der Waals surface area contributed by atoms with Crippen LogP contribution in [0.1, 0.15) is 111 Å². The molecule has 1 aliphatic heterocycles. The van der Waals surface area contributed by atoms with Crippen molar-refractivity contribution in [2.45, 2.75) is 105 Å². The van der Waals surface area contributed by atoms with Gasteiger partial charge in [-0.2, -0.15) is 0 Å². The van der Waals surface area contributed by atoms with Crippen molar-refractivity contribution >= 4 is 17.1 Å². The third-order valence-corrected chi connectivity index (χ3v) is 9.40. The summed E-state index contributed by atoms with van der Waals surface area (Å²) in [4.78, 5) is 2.73. The molecule has 0 aromatic heterocycles. The Bertz CT molecular complexity index is 1170. The zero-order valence-electron chi connectivity index (χ0n) is 27.5. The number of anilines is 1. The van der Waals surface area contributed by atoms with E-state index in [-0.39, 0.29) is 22.6 Å². The monoisotopic (exact) mass is 613 g/mol. The van der Waals surface area contributed by atoms with Gasteiger partial charge in [0.15, 0.2) is 0 Å². The number of para-hydroxylation sites is 3. The van der Waals surface area contributed by atoms with E-state index in [4.69, 9.17) is 0 Å². The zero-order chi connectivity index (χ0) is 29.8. The largest absolute Gasteiger partial charge is 2.00 e. The van der Waals surface area contributed by atoms with Crippen LogP contribution in [0.5, 0.6) is 0 Å². The summed E-state index contributed by atoms with van der Waals surface area (Å²) in [7, 11) is 0. The molecule has 1 saturated carbocycles. The smallest absolute Gasteiger partial charge is 0.658 e. The molecule has 0 N–H and O–H groups in total. The molecule has 3 aromatic carbocycles. The van der Waals surface area contributed by atoms with Gasteiger partial charge in [-0.15, -0.1) is 16.8 Å². The SMILES string of the molecule is CC(C)c1cccc(C(C)C)c1N1[CH-][C@]2(C[C@H](C)CC[C@H]2C(C)C)CC1(C)C.[Cu+2].c1ccc([N-]c2ccccc2)cc1. The van der Waals surface area contributed by atoms with Crippen LogP contribution in [0, 0.1) is 29.7 Å². The maximum Gasteiger partial charge on any atom is 2.00 e. The summed E-state index contributed by atoms with van der Waals surface area (Å²) in [6.07, 6.45) is 5.44. The predicted octanol–water partition coefficient (Wildman–Crippen LogP) is 12.2. The molecule has 3 aromatic rings. The number of hydrogen-bond donors (Lipinski definition) is 0. The zero-order valence-corrected chi connectivity index (χ0v) is 28.4. The normalized spacial score (nSPS) is 23.1. The first-order chi connectivity index (χ1) is 19.4. The van der Waals surface area contributed by atoms with Gasteiger partial charge < -0.3 is 10.2 Å². The van der Waals surface area contributed by atoms with Crippen molar-refractivity contribution in [2.75, 3.05) is 4.90 Å². The Kier molecular flexibility index (Phi) is 11.8. The van der Waals surface area contributed by atoms with Crippen molar-refractivity contribution in [1.29, 1.82) is 0 Å². The molecule has 1 aliphatic carbocycles. The Labute approximate surface area is 268 Å². The summed E-state index contributed by atoms with van der Waals surface area (Å²) >= 11 is 0. The fraction of sp³-hybridized carbons (Fsp3) is 0.513. The van der Waals surface area contributed by atoms with Crippen LogP contribution >= 0.6 is 0 Å². The minimum Gasteiger partial charge on any atom is -0.658 e. The third-order valence-electron chi connectivity index (χ3n) is 9.40. The van der Waals surface area contributed by atoms with Gasteiger partial charge in [0, 0.05) is 11.2 Å². The van der Waals surface area contributed by atoms with Crippen molar-refractivity contribution in [3.8, 4) is 0 Å². The Hall–Kier alpha value is -2.22. The van der Waals surface area contributed by atoms with Crippen molar-refractivity contribution in [3.05, 3.63) is 102 Å². The Balaban J connectivity index is 0.000000289. The minimum absolute atomic E-state index is 0. The fourth-order valence-electron chi connectivity index (χ4n) is 7.68. The van der Waals surface area contributed by atoms with Crippen molar-refractivity contribution < 1.29 is 17.1 Å². The standard InChI is InChI=1S/C27H44N.C12H10N.Cu/c1-18(2)22-11-10-12-23(19(3)4)25(22)28-17-27(16-26(28,8)9)15-21(7)13-14-24(27)20(5)6;1-3-7-11(8-4-1)13-12-9-5-2-6-10-12;/h10-12,17-21,24H,13-16H2,1-9H3;1-10H;/q2*-1;+2/t21-,24+,27+;;/m1../s1. The molecular weight excluding hydrogens is 560 g/mol. The quantitative estimate of drug-likeness (QED) is 0.200. The van der Waals surface area contributed by atoms with E-state index in [1.807, 2.05) is 60.7 Å². The van der Waals surface area contributed by atoms with E-state index in [1.165, 1.54) is 42.5 Å². The number of rotatable bonds is 6. The molecule has 2 fully saturated rings. The molecule has 1 radical (unpaired) electrons. The fourth-order valence-corrected chi connectivity index (χ4v) is 7.68.